The van der Waals surface area contributed by atoms with E-state index in [1.165, 1.54) is 12.1 Å². The number of halogens is 1. The largest absolute Gasteiger partial charge is 0.495 e. The van der Waals surface area contributed by atoms with Gasteiger partial charge in [-0.05, 0) is 55.3 Å². The molecular formula is C27H24FN5O2. The molecule has 0 aliphatic carbocycles. The third kappa shape index (κ3) is 4.03. The van der Waals surface area contributed by atoms with Gasteiger partial charge in [-0.3, -0.25) is 9.36 Å². The van der Waals surface area contributed by atoms with Gasteiger partial charge < -0.3 is 14.3 Å². The van der Waals surface area contributed by atoms with Gasteiger partial charge in [0.15, 0.2) is 0 Å². The van der Waals surface area contributed by atoms with Crippen LogP contribution in [0.5, 0.6) is 5.75 Å². The van der Waals surface area contributed by atoms with Crippen molar-refractivity contribution in [2.45, 2.75) is 19.9 Å². The first kappa shape index (κ1) is 22.3. The van der Waals surface area contributed by atoms with E-state index in [4.69, 9.17) is 4.74 Å². The van der Waals surface area contributed by atoms with Crippen molar-refractivity contribution in [3.63, 3.8) is 0 Å². The molecule has 0 radical (unpaired) electrons. The molecule has 0 spiro atoms. The third-order valence-electron chi connectivity index (χ3n) is 6.08. The molecule has 8 heteroatoms. The van der Waals surface area contributed by atoms with Gasteiger partial charge in [-0.1, -0.05) is 24.8 Å². The molecule has 0 amide bonds. The topological polar surface area (TPSA) is 77.7 Å². The molecule has 1 N–H and O–H groups in total. The van der Waals surface area contributed by atoms with Crippen LogP contribution in [0.1, 0.15) is 29.8 Å². The number of fused-ring (bicyclic) bond motifs is 1. The summed E-state index contributed by atoms with van der Waals surface area (Å²) in [5.74, 6) is 0.835. The third-order valence-corrected chi connectivity index (χ3v) is 6.08. The fourth-order valence-electron chi connectivity index (χ4n) is 4.27. The molecule has 5 rings (SSSR count). The summed E-state index contributed by atoms with van der Waals surface area (Å²) in [4.78, 5) is 25.5. The smallest absolute Gasteiger partial charge is 0.260 e. The average Bonchev–Trinajstić information content (AvgIpc) is 3.39. The molecule has 3 heterocycles. The Bertz CT molecular complexity index is 1660. The van der Waals surface area contributed by atoms with Gasteiger partial charge in [-0.2, -0.15) is 0 Å². The molecule has 0 saturated carbocycles. The van der Waals surface area contributed by atoms with Gasteiger partial charge in [0.25, 0.3) is 5.56 Å². The molecule has 0 saturated heterocycles. The number of benzene rings is 2. The van der Waals surface area contributed by atoms with Crippen LogP contribution in [-0.2, 0) is 0 Å². The summed E-state index contributed by atoms with van der Waals surface area (Å²) in [5.41, 5.74) is 4.25. The molecule has 2 aliphatic rings. The first-order valence-electron chi connectivity index (χ1n) is 11.1. The number of methoxy groups -OCH3 is 1. The summed E-state index contributed by atoms with van der Waals surface area (Å²) in [7, 11) is 1.61. The number of hydrogen-bond donors (Lipinski definition) is 1. The van der Waals surface area contributed by atoms with Crippen LogP contribution in [0.25, 0.3) is 29.7 Å². The van der Waals surface area contributed by atoms with Crippen LogP contribution in [0.2, 0.25) is 0 Å². The highest BCUT2D eigenvalue weighted by Crippen LogP contribution is 2.26. The van der Waals surface area contributed by atoms with Crippen LogP contribution in [0.4, 0.5) is 4.39 Å². The van der Waals surface area contributed by atoms with Crippen LogP contribution in [0.15, 0.2) is 66.0 Å². The second kappa shape index (κ2) is 8.72. The second-order valence-electron chi connectivity index (χ2n) is 8.40. The summed E-state index contributed by atoms with van der Waals surface area (Å²) in [6.07, 6.45) is 7.21. The maximum Gasteiger partial charge on any atom is 0.260 e. The maximum absolute atomic E-state index is 13.7. The van der Waals surface area contributed by atoms with E-state index in [2.05, 4.69) is 21.5 Å². The van der Waals surface area contributed by atoms with Crippen molar-refractivity contribution in [1.82, 2.24) is 24.1 Å². The Balaban J connectivity index is 1.68. The van der Waals surface area contributed by atoms with Crippen molar-refractivity contribution in [3.8, 4) is 22.8 Å². The zero-order valence-electron chi connectivity index (χ0n) is 19.6. The SMILES string of the molecule is C=c1nc2n(C(C)c3ccc(F)cc3)c(=O)c(=Cc3ccc(-n4cnc(C)c4)c(OC)c3)c-2c[nH]1. The minimum Gasteiger partial charge on any atom is -0.495 e. The van der Waals surface area contributed by atoms with Crippen molar-refractivity contribution in [1.29, 1.82) is 0 Å². The van der Waals surface area contributed by atoms with Crippen molar-refractivity contribution in [2.75, 3.05) is 7.11 Å². The summed E-state index contributed by atoms with van der Waals surface area (Å²) in [6.45, 7) is 7.69. The summed E-state index contributed by atoms with van der Waals surface area (Å²) >= 11 is 0. The first-order chi connectivity index (χ1) is 16.9. The number of imidazole rings is 1. The molecule has 2 aromatic carbocycles. The van der Waals surface area contributed by atoms with Gasteiger partial charge in [-0.15, -0.1) is 0 Å². The molecular weight excluding hydrogens is 445 g/mol. The second-order valence-corrected chi connectivity index (χ2v) is 8.40. The lowest BCUT2D eigenvalue weighted by molar-refractivity contribution is 0.413. The van der Waals surface area contributed by atoms with Gasteiger partial charge in [-0.25, -0.2) is 14.4 Å². The lowest BCUT2D eigenvalue weighted by atomic mass is 10.1. The fourth-order valence-corrected chi connectivity index (χ4v) is 4.27. The summed E-state index contributed by atoms with van der Waals surface area (Å²) < 4.78 is 22.6. The predicted octanol–water partition coefficient (Wildman–Crippen LogP) is 3.17. The van der Waals surface area contributed by atoms with Crippen molar-refractivity contribution < 1.29 is 9.13 Å². The minimum absolute atomic E-state index is 0.198. The van der Waals surface area contributed by atoms with Crippen molar-refractivity contribution in [2.24, 2.45) is 0 Å². The lowest BCUT2D eigenvalue weighted by Gasteiger charge is -2.15. The number of ether oxygens (including phenoxy) is 1. The zero-order valence-corrected chi connectivity index (χ0v) is 19.6. The van der Waals surface area contributed by atoms with Crippen LogP contribution in [-0.4, -0.2) is 31.2 Å². The molecule has 1 unspecified atom stereocenters. The first-order valence-corrected chi connectivity index (χ1v) is 11.1. The van der Waals surface area contributed by atoms with E-state index in [1.54, 1.807) is 36.3 Å². The summed E-state index contributed by atoms with van der Waals surface area (Å²) in [5, 5.41) is 0.492. The van der Waals surface area contributed by atoms with Crippen molar-refractivity contribution in [3.05, 3.63) is 105 Å². The number of rotatable bonds is 5. The van der Waals surface area contributed by atoms with Gasteiger partial charge >= 0.3 is 0 Å². The minimum atomic E-state index is -0.358. The Morgan fingerprint density at radius 2 is 1.97 bits per heavy atom. The predicted molar refractivity (Wildman–Crippen MR) is 133 cm³/mol. The number of aromatic amines is 1. The number of H-pyrrole nitrogens is 1. The van der Waals surface area contributed by atoms with E-state index in [9.17, 15) is 9.18 Å². The molecule has 1 aromatic heterocycles. The molecule has 35 heavy (non-hydrogen) atoms. The highest BCUT2D eigenvalue weighted by Gasteiger charge is 2.22. The van der Waals surface area contributed by atoms with Crippen LogP contribution < -0.4 is 21.0 Å². The van der Waals surface area contributed by atoms with Crippen LogP contribution >= 0.6 is 0 Å². The molecule has 2 aliphatic heterocycles. The molecule has 1 atom stereocenters. The van der Waals surface area contributed by atoms with Gasteiger partial charge in [0.05, 0.1) is 36.1 Å². The van der Waals surface area contributed by atoms with E-state index >= 15 is 0 Å². The van der Waals surface area contributed by atoms with E-state index in [0.29, 0.717) is 27.8 Å². The van der Waals surface area contributed by atoms with E-state index in [-0.39, 0.29) is 17.4 Å². The monoisotopic (exact) mass is 469 g/mol. The van der Waals surface area contributed by atoms with E-state index in [0.717, 1.165) is 22.5 Å². The number of aryl methyl sites for hydroxylation is 1. The van der Waals surface area contributed by atoms with Crippen LogP contribution in [0, 0.1) is 12.7 Å². The summed E-state index contributed by atoms with van der Waals surface area (Å²) in [6, 6.07) is 11.5. The quantitative estimate of drug-likeness (QED) is 0.429. The highest BCUT2D eigenvalue weighted by molar-refractivity contribution is 5.66. The normalized spacial score (nSPS) is 12.9. The number of nitrogens with one attached hydrogen (secondary N) is 1. The highest BCUT2D eigenvalue weighted by atomic mass is 19.1. The molecule has 3 aromatic rings. The molecule has 176 valence electrons. The number of aromatic nitrogens is 5. The standard InChI is InChI=1S/C27H24FN5O2/c1-16-14-32(15-30-16)24-10-5-19(12-25(24)35-4)11-22-23-13-29-18(3)31-26(23)33(27(22)34)17(2)20-6-8-21(28)9-7-20/h5-15,17,29H,3H2,1-2,4H3. The average molecular weight is 470 g/mol. The molecule has 0 fully saturated rings. The zero-order chi connectivity index (χ0) is 24.7. The molecule has 7 nitrogen and oxygen atoms in total. The van der Waals surface area contributed by atoms with Gasteiger partial charge in [0.1, 0.15) is 22.9 Å². The van der Waals surface area contributed by atoms with E-state index in [1.807, 2.05) is 48.9 Å². The van der Waals surface area contributed by atoms with Gasteiger partial charge in [0, 0.05) is 18.0 Å². The maximum atomic E-state index is 13.7. The number of hydrogen-bond acceptors (Lipinski definition) is 4. The fraction of sp³-hybridized carbons (Fsp3) is 0.148. The van der Waals surface area contributed by atoms with Gasteiger partial charge in [0.2, 0.25) is 0 Å². The Morgan fingerprint density at radius 3 is 2.66 bits per heavy atom. The Morgan fingerprint density at radius 1 is 1.20 bits per heavy atom. The Hall–Kier alpha value is -4.46. The lowest BCUT2D eigenvalue weighted by Crippen LogP contribution is -2.30. The number of nitrogens with zero attached hydrogens (tertiary/aromatic N) is 4. The Kier molecular flexibility index (Phi) is 5.56. The Labute approximate surface area is 200 Å². The van der Waals surface area contributed by atoms with Crippen molar-refractivity contribution >= 4 is 12.7 Å². The van der Waals surface area contributed by atoms with E-state index < -0.39 is 0 Å². The molecule has 0 bridgehead atoms. The van der Waals surface area contributed by atoms with Crippen LogP contribution in [0.3, 0.4) is 0 Å².